The molecule has 0 saturated heterocycles. The van der Waals surface area contributed by atoms with Gasteiger partial charge in [-0.05, 0) is 155 Å². The highest BCUT2D eigenvalue weighted by molar-refractivity contribution is 7.00. The summed E-state index contributed by atoms with van der Waals surface area (Å²) in [6.45, 7) is 30.8. The highest BCUT2D eigenvalue weighted by Crippen LogP contribution is 2.52. The highest BCUT2D eigenvalue weighted by Gasteiger charge is 2.46. The standard InChI is InChI=1S/C62H67BN2/c1-39(2)42-30-56-58-57(31-42)65(53-36-48(40-21-16-14-17-22-40)50(61(9,10)11)35-49(53)41-23-18-15-19-24-41)54-32-44-38-62(12,13)37-43(44)29-52(54)63(58)51-28-27-46(60(6,7)8)34-55(51)64(56)47-26-20-25-45(33-47)59(3,4)5/h14-36,39H,37-38H2,1-13H3. The fourth-order valence-electron chi connectivity index (χ4n) is 11.1. The molecule has 3 aliphatic rings. The second kappa shape index (κ2) is 15.1. The number of hydrogen-bond donors (Lipinski definition) is 0. The van der Waals surface area contributed by atoms with E-state index in [-0.39, 0.29) is 28.4 Å². The summed E-state index contributed by atoms with van der Waals surface area (Å²) in [5.41, 5.74) is 25.2. The number of anilines is 6. The molecule has 2 nitrogen and oxygen atoms in total. The predicted octanol–water partition coefficient (Wildman–Crippen LogP) is 15.2. The minimum absolute atomic E-state index is 0.00294. The maximum atomic E-state index is 2.71. The maximum absolute atomic E-state index is 2.71. The monoisotopic (exact) mass is 851 g/mol. The minimum Gasteiger partial charge on any atom is -0.311 e. The molecule has 7 aromatic carbocycles. The van der Waals surface area contributed by atoms with Gasteiger partial charge in [0.05, 0.1) is 5.69 Å². The quantitative estimate of drug-likeness (QED) is 0.159. The predicted molar refractivity (Wildman–Crippen MR) is 283 cm³/mol. The van der Waals surface area contributed by atoms with E-state index in [0.29, 0.717) is 5.92 Å². The molecule has 328 valence electrons. The lowest BCUT2D eigenvalue weighted by Crippen LogP contribution is -2.61. The lowest BCUT2D eigenvalue weighted by molar-refractivity contribution is 0.392. The third-order valence-corrected chi connectivity index (χ3v) is 14.6. The number of hydrogen-bond acceptors (Lipinski definition) is 2. The lowest BCUT2D eigenvalue weighted by atomic mass is 9.33. The molecule has 0 unspecified atom stereocenters. The summed E-state index contributed by atoms with van der Waals surface area (Å²) in [6, 6.07) is 54.5. The van der Waals surface area contributed by atoms with Crippen molar-refractivity contribution < 1.29 is 0 Å². The Balaban J connectivity index is 1.37. The van der Waals surface area contributed by atoms with Crippen LogP contribution in [-0.4, -0.2) is 6.71 Å². The smallest absolute Gasteiger partial charge is 0.252 e. The molecular formula is C62H67BN2. The Labute approximate surface area is 390 Å². The molecule has 0 fully saturated rings. The van der Waals surface area contributed by atoms with E-state index in [9.17, 15) is 0 Å². The van der Waals surface area contributed by atoms with Crippen LogP contribution in [-0.2, 0) is 29.1 Å². The van der Waals surface area contributed by atoms with Gasteiger partial charge in [0.25, 0.3) is 6.71 Å². The van der Waals surface area contributed by atoms with Crippen LogP contribution in [0.2, 0.25) is 0 Å². The maximum Gasteiger partial charge on any atom is 0.252 e. The van der Waals surface area contributed by atoms with Crippen LogP contribution in [0.25, 0.3) is 22.3 Å². The third-order valence-electron chi connectivity index (χ3n) is 14.6. The Morgan fingerprint density at radius 2 is 1.05 bits per heavy atom. The van der Waals surface area contributed by atoms with Gasteiger partial charge in [0.2, 0.25) is 0 Å². The van der Waals surface area contributed by atoms with E-state index in [0.717, 1.165) is 12.8 Å². The van der Waals surface area contributed by atoms with Crippen LogP contribution in [0.1, 0.15) is 129 Å². The first kappa shape index (κ1) is 43.1. The zero-order valence-corrected chi connectivity index (χ0v) is 41.2. The fourth-order valence-corrected chi connectivity index (χ4v) is 11.1. The molecule has 65 heavy (non-hydrogen) atoms. The van der Waals surface area contributed by atoms with E-state index in [1.807, 2.05) is 0 Å². The molecule has 10 rings (SSSR count). The molecule has 0 amide bonds. The van der Waals surface area contributed by atoms with Crippen molar-refractivity contribution in [2.75, 3.05) is 9.80 Å². The Morgan fingerprint density at radius 1 is 0.477 bits per heavy atom. The SMILES string of the molecule is CC(C)c1cc2c3c(c1)N(c1cc(-c4ccccc4)c(C(C)(C)C)cc1-c1ccccc1)c1cc4c(cc1B3c1ccc(C(C)(C)C)cc1N2c1cccc(C(C)(C)C)c1)CC(C)(C)C4. The van der Waals surface area contributed by atoms with Gasteiger partial charge in [-0.3, -0.25) is 0 Å². The Bertz CT molecular complexity index is 2990. The van der Waals surface area contributed by atoms with Gasteiger partial charge in [-0.15, -0.1) is 0 Å². The number of benzene rings is 7. The van der Waals surface area contributed by atoms with E-state index in [4.69, 9.17) is 0 Å². The van der Waals surface area contributed by atoms with Gasteiger partial charge in [-0.1, -0.05) is 181 Å². The van der Waals surface area contributed by atoms with E-state index in [2.05, 4.69) is 239 Å². The molecule has 2 aliphatic heterocycles. The van der Waals surface area contributed by atoms with Crippen molar-refractivity contribution in [3.63, 3.8) is 0 Å². The van der Waals surface area contributed by atoms with E-state index in [1.165, 1.54) is 106 Å². The number of rotatable bonds is 5. The molecule has 3 heteroatoms. The zero-order chi connectivity index (χ0) is 46.0. The molecule has 0 spiro atoms. The summed E-state index contributed by atoms with van der Waals surface area (Å²) in [6.07, 6.45) is 2.16. The Kier molecular flexibility index (Phi) is 10.0. The first-order valence-electron chi connectivity index (χ1n) is 24.2. The second-order valence-electron chi connectivity index (χ2n) is 23.6. The van der Waals surface area contributed by atoms with Crippen molar-refractivity contribution in [1.29, 1.82) is 0 Å². The van der Waals surface area contributed by atoms with Crippen LogP contribution in [0.5, 0.6) is 0 Å². The van der Waals surface area contributed by atoms with Gasteiger partial charge >= 0.3 is 0 Å². The van der Waals surface area contributed by atoms with Gasteiger partial charge in [-0.2, -0.15) is 0 Å². The van der Waals surface area contributed by atoms with Crippen molar-refractivity contribution in [3.05, 3.63) is 173 Å². The first-order chi connectivity index (χ1) is 30.7. The summed E-state index contributed by atoms with van der Waals surface area (Å²) in [5.74, 6) is 0.306. The molecule has 0 radical (unpaired) electrons. The Hall–Kier alpha value is -5.80. The van der Waals surface area contributed by atoms with Crippen LogP contribution in [0.4, 0.5) is 34.1 Å². The van der Waals surface area contributed by atoms with Gasteiger partial charge in [-0.25, -0.2) is 0 Å². The molecule has 0 aromatic heterocycles. The average Bonchev–Trinajstić information content (AvgIpc) is 3.57. The summed E-state index contributed by atoms with van der Waals surface area (Å²) in [7, 11) is 0. The number of fused-ring (bicyclic) bond motifs is 5. The Morgan fingerprint density at radius 3 is 1.65 bits per heavy atom. The molecule has 0 saturated carbocycles. The van der Waals surface area contributed by atoms with Crippen LogP contribution >= 0.6 is 0 Å². The van der Waals surface area contributed by atoms with Gasteiger partial charge < -0.3 is 9.80 Å². The van der Waals surface area contributed by atoms with Crippen LogP contribution in [0, 0.1) is 5.41 Å². The topological polar surface area (TPSA) is 6.48 Å². The molecule has 0 atom stereocenters. The van der Waals surface area contributed by atoms with E-state index < -0.39 is 0 Å². The van der Waals surface area contributed by atoms with Crippen LogP contribution in [0.15, 0.2) is 140 Å². The molecule has 0 N–H and O–H groups in total. The van der Waals surface area contributed by atoms with Gasteiger partial charge in [0, 0.05) is 34.0 Å². The van der Waals surface area contributed by atoms with Gasteiger partial charge in [0.1, 0.15) is 0 Å². The minimum atomic E-state index is -0.0982. The largest absolute Gasteiger partial charge is 0.311 e. The summed E-state index contributed by atoms with van der Waals surface area (Å²) in [4.78, 5) is 5.35. The van der Waals surface area contributed by atoms with Crippen molar-refractivity contribution >= 4 is 57.2 Å². The number of nitrogens with zero attached hydrogens (tertiary/aromatic N) is 2. The molecular weight excluding hydrogens is 784 g/mol. The summed E-state index contributed by atoms with van der Waals surface area (Å²) < 4.78 is 0. The summed E-state index contributed by atoms with van der Waals surface area (Å²) in [5, 5.41) is 0. The fraction of sp³-hybridized carbons (Fsp3) is 0.323. The second-order valence-corrected chi connectivity index (χ2v) is 23.6. The van der Waals surface area contributed by atoms with Crippen LogP contribution in [0.3, 0.4) is 0 Å². The van der Waals surface area contributed by atoms with Crippen molar-refractivity contribution in [2.45, 2.75) is 125 Å². The average molecular weight is 851 g/mol. The van der Waals surface area contributed by atoms with Crippen molar-refractivity contribution in [2.24, 2.45) is 5.41 Å². The molecule has 2 heterocycles. The normalized spacial score (nSPS) is 15.2. The van der Waals surface area contributed by atoms with Crippen LogP contribution < -0.4 is 26.2 Å². The van der Waals surface area contributed by atoms with E-state index in [1.54, 1.807) is 0 Å². The summed E-state index contributed by atoms with van der Waals surface area (Å²) >= 11 is 0. The molecule has 0 bridgehead atoms. The van der Waals surface area contributed by atoms with Gasteiger partial charge in [0.15, 0.2) is 0 Å². The third kappa shape index (κ3) is 7.44. The highest BCUT2D eigenvalue weighted by atomic mass is 15.2. The lowest BCUT2D eigenvalue weighted by Gasteiger charge is -2.46. The zero-order valence-electron chi connectivity index (χ0n) is 41.2. The van der Waals surface area contributed by atoms with Crippen molar-refractivity contribution in [1.82, 2.24) is 0 Å². The first-order valence-corrected chi connectivity index (χ1v) is 24.2. The van der Waals surface area contributed by atoms with Crippen molar-refractivity contribution in [3.8, 4) is 22.3 Å². The molecule has 7 aromatic rings. The van der Waals surface area contributed by atoms with E-state index >= 15 is 0 Å². The molecule has 1 aliphatic carbocycles.